The zero-order chi connectivity index (χ0) is 16.8. The van der Waals surface area contributed by atoms with Gasteiger partial charge in [-0.1, -0.05) is 12.1 Å². The fraction of sp³-hybridized carbons (Fsp3) is 0.353. The van der Waals surface area contributed by atoms with Crippen LogP contribution in [0.1, 0.15) is 35.3 Å². The van der Waals surface area contributed by atoms with E-state index in [4.69, 9.17) is 5.26 Å². The van der Waals surface area contributed by atoms with Crippen molar-refractivity contribution >= 4 is 17.7 Å². The average molecular weight is 328 g/mol. The summed E-state index contributed by atoms with van der Waals surface area (Å²) >= 11 is 1.56. The Labute approximate surface area is 140 Å². The average Bonchev–Trinajstić information content (AvgIpc) is 2.87. The molecule has 0 saturated heterocycles. The lowest BCUT2D eigenvalue weighted by atomic mass is 10.1. The van der Waals surface area contributed by atoms with Crippen LogP contribution in [-0.2, 0) is 17.6 Å². The molecule has 6 heteroatoms. The van der Waals surface area contributed by atoms with Gasteiger partial charge in [-0.3, -0.25) is 9.48 Å². The minimum Gasteiger partial charge on any atom is -0.349 e. The van der Waals surface area contributed by atoms with Crippen LogP contribution in [0.3, 0.4) is 0 Å². The van der Waals surface area contributed by atoms with Gasteiger partial charge in [0.25, 0.3) is 0 Å². The number of aryl methyl sites for hydroxylation is 1. The highest BCUT2D eigenvalue weighted by atomic mass is 32.2. The molecule has 2 aromatic rings. The molecule has 1 atom stereocenters. The standard InChI is InChI=1S/C17H20N4OS/c1-12(16-9-19-21(3)13(16)2)20-17(22)11-23-10-15-6-4-14(8-18)5-7-15/h4-7,9,12H,10-11H2,1-3H3,(H,20,22). The van der Waals surface area contributed by atoms with Gasteiger partial charge in [0, 0.05) is 24.1 Å². The summed E-state index contributed by atoms with van der Waals surface area (Å²) < 4.78 is 1.80. The first-order valence-corrected chi connectivity index (χ1v) is 8.51. The van der Waals surface area contributed by atoms with Crippen molar-refractivity contribution in [1.82, 2.24) is 15.1 Å². The number of rotatable bonds is 6. The SMILES string of the molecule is Cc1c(C(C)NC(=O)CSCc2ccc(C#N)cc2)cnn1C. The fourth-order valence-corrected chi connectivity index (χ4v) is 3.04. The Kier molecular flexibility index (Phi) is 5.83. The third-order valence-corrected chi connectivity index (χ3v) is 4.71. The third-order valence-electron chi connectivity index (χ3n) is 3.70. The second-order valence-electron chi connectivity index (χ2n) is 5.40. The largest absolute Gasteiger partial charge is 0.349 e. The van der Waals surface area contributed by atoms with Crippen LogP contribution in [0.2, 0.25) is 0 Å². The van der Waals surface area contributed by atoms with Crippen LogP contribution in [-0.4, -0.2) is 21.4 Å². The van der Waals surface area contributed by atoms with E-state index in [1.165, 1.54) is 0 Å². The van der Waals surface area contributed by atoms with Crippen LogP contribution in [0.4, 0.5) is 0 Å². The minimum atomic E-state index is -0.0493. The molecule has 1 unspecified atom stereocenters. The number of amides is 1. The molecule has 1 heterocycles. The van der Waals surface area contributed by atoms with Gasteiger partial charge in [0.1, 0.15) is 0 Å². The van der Waals surface area contributed by atoms with Gasteiger partial charge in [-0.15, -0.1) is 11.8 Å². The molecule has 1 amide bonds. The van der Waals surface area contributed by atoms with E-state index < -0.39 is 0 Å². The van der Waals surface area contributed by atoms with Gasteiger partial charge in [0.05, 0.1) is 29.6 Å². The van der Waals surface area contributed by atoms with E-state index >= 15 is 0 Å². The quantitative estimate of drug-likeness (QED) is 0.885. The van der Waals surface area contributed by atoms with Crippen molar-refractivity contribution in [3.8, 4) is 6.07 Å². The number of carbonyl (C=O) groups excluding carboxylic acids is 1. The molecule has 0 spiro atoms. The summed E-state index contributed by atoms with van der Waals surface area (Å²) in [4.78, 5) is 12.0. The molecular formula is C17H20N4OS. The van der Waals surface area contributed by atoms with Gasteiger partial charge in [-0.25, -0.2) is 0 Å². The normalized spacial score (nSPS) is 11.7. The maximum atomic E-state index is 12.0. The zero-order valence-electron chi connectivity index (χ0n) is 13.5. The molecular weight excluding hydrogens is 308 g/mol. The zero-order valence-corrected chi connectivity index (χ0v) is 14.4. The monoisotopic (exact) mass is 328 g/mol. The van der Waals surface area contributed by atoms with Gasteiger partial charge in [-0.05, 0) is 31.5 Å². The van der Waals surface area contributed by atoms with Crippen molar-refractivity contribution in [2.24, 2.45) is 7.05 Å². The Bertz CT molecular complexity index is 715. The number of nitrogens with zero attached hydrogens (tertiary/aromatic N) is 3. The van der Waals surface area contributed by atoms with E-state index in [0.29, 0.717) is 11.3 Å². The van der Waals surface area contributed by atoms with E-state index in [2.05, 4.69) is 16.5 Å². The van der Waals surface area contributed by atoms with Gasteiger partial charge in [-0.2, -0.15) is 10.4 Å². The number of nitriles is 1. The minimum absolute atomic E-state index is 0.0133. The molecule has 0 bridgehead atoms. The highest BCUT2D eigenvalue weighted by Gasteiger charge is 2.14. The lowest BCUT2D eigenvalue weighted by Gasteiger charge is -2.13. The van der Waals surface area contributed by atoms with Crippen molar-refractivity contribution < 1.29 is 4.79 Å². The second-order valence-corrected chi connectivity index (χ2v) is 6.39. The molecule has 0 aliphatic rings. The Hall–Kier alpha value is -2.26. The van der Waals surface area contributed by atoms with Crippen LogP contribution in [0.5, 0.6) is 0 Å². The molecule has 2 rings (SSSR count). The van der Waals surface area contributed by atoms with Gasteiger partial charge < -0.3 is 5.32 Å². The van der Waals surface area contributed by atoms with Gasteiger partial charge in [0.2, 0.25) is 5.91 Å². The van der Waals surface area contributed by atoms with Gasteiger partial charge in [0.15, 0.2) is 0 Å². The molecule has 0 saturated carbocycles. The molecule has 23 heavy (non-hydrogen) atoms. The Morgan fingerprint density at radius 2 is 2.13 bits per heavy atom. The number of hydrogen-bond donors (Lipinski definition) is 1. The molecule has 1 aromatic heterocycles. The van der Waals surface area contributed by atoms with E-state index in [0.717, 1.165) is 22.6 Å². The van der Waals surface area contributed by atoms with Gasteiger partial charge >= 0.3 is 0 Å². The summed E-state index contributed by atoms with van der Waals surface area (Å²) in [5.41, 5.74) is 3.86. The van der Waals surface area contributed by atoms with Crippen LogP contribution >= 0.6 is 11.8 Å². The van der Waals surface area contributed by atoms with Crippen molar-refractivity contribution in [1.29, 1.82) is 5.26 Å². The second kappa shape index (κ2) is 7.84. The predicted molar refractivity (Wildman–Crippen MR) is 91.8 cm³/mol. The van der Waals surface area contributed by atoms with Crippen LogP contribution in [0.25, 0.3) is 0 Å². The summed E-state index contributed by atoms with van der Waals surface area (Å²) in [7, 11) is 1.89. The molecule has 1 aromatic carbocycles. The smallest absolute Gasteiger partial charge is 0.230 e. The fourth-order valence-electron chi connectivity index (χ4n) is 2.24. The number of benzene rings is 1. The predicted octanol–water partition coefficient (Wildman–Crippen LogP) is 2.71. The molecule has 0 fully saturated rings. The highest BCUT2D eigenvalue weighted by Crippen LogP contribution is 2.17. The first-order valence-electron chi connectivity index (χ1n) is 7.36. The number of hydrogen-bond acceptors (Lipinski definition) is 4. The maximum absolute atomic E-state index is 12.0. The van der Waals surface area contributed by atoms with Crippen molar-refractivity contribution in [2.45, 2.75) is 25.6 Å². The van der Waals surface area contributed by atoms with Crippen molar-refractivity contribution in [2.75, 3.05) is 5.75 Å². The summed E-state index contributed by atoms with van der Waals surface area (Å²) in [5, 5.41) is 16.0. The summed E-state index contributed by atoms with van der Waals surface area (Å²) in [5.74, 6) is 1.17. The van der Waals surface area contributed by atoms with E-state index in [9.17, 15) is 4.79 Å². The Morgan fingerprint density at radius 1 is 1.43 bits per heavy atom. The summed E-state index contributed by atoms with van der Waals surface area (Å²) in [6, 6.07) is 9.48. The summed E-state index contributed by atoms with van der Waals surface area (Å²) in [6.45, 7) is 3.96. The van der Waals surface area contributed by atoms with Crippen LogP contribution < -0.4 is 5.32 Å². The van der Waals surface area contributed by atoms with E-state index in [1.54, 1.807) is 34.8 Å². The van der Waals surface area contributed by atoms with Crippen molar-refractivity contribution in [3.63, 3.8) is 0 Å². The molecule has 0 aliphatic carbocycles. The topological polar surface area (TPSA) is 70.7 Å². The lowest BCUT2D eigenvalue weighted by molar-refractivity contribution is -0.119. The van der Waals surface area contributed by atoms with E-state index in [1.807, 2.05) is 33.0 Å². The maximum Gasteiger partial charge on any atom is 0.230 e. The van der Waals surface area contributed by atoms with E-state index in [-0.39, 0.29) is 11.9 Å². The lowest BCUT2D eigenvalue weighted by Crippen LogP contribution is -2.28. The Balaban J connectivity index is 1.78. The van der Waals surface area contributed by atoms with Crippen LogP contribution in [0, 0.1) is 18.3 Å². The number of aromatic nitrogens is 2. The molecule has 0 radical (unpaired) electrons. The molecule has 0 aliphatic heterocycles. The molecule has 5 nitrogen and oxygen atoms in total. The third kappa shape index (κ3) is 4.60. The highest BCUT2D eigenvalue weighted by molar-refractivity contribution is 7.99. The number of nitrogens with one attached hydrogen (secondary N) is 1. The number of thioether (sulfide) groups is 1. The Morgan fingerprint density at radius 3 is 2.70 bits per heavy atom. The summed E-state index contributed by atoms with van der Waals surface area (Å²) in [6.07, 6.45) is 1.80. The number of carbonyl (C=O) groups is 1. The van der Waals surface area contributed by atoms with Crippen LogP contribution in [0.15, 0.2) is 30.5 Å². The van der Waals surface area contributed by atoms with Crippen molar-refractivity contribution in [3.05, 3.63) is 52.8 Å². The molecule has 120 valence electrons. The first kappa shape index (κ1) is 17.1. The molecule has 1 N–H and O–H groups in total. The first-order chi connectivity index (χ1) is 11.0.